The monoisotopic (exact) mass is 150 g/mol. The standard InChI is InChI=1S/C7H6N2O2/c1-4-6(10)2-5(3-8)9-7(4)11/h2H,1H3,(H2,9,10,11). The van der Waals surface area contributed by atoms with Crippen LogP contribution in [0, 0.1) is 18.3 Å². The Bertz CT molecular complexity index is 373. The zero-order valence-corrected chi connectivity index (χ0v) is 5.88. The average Bonchev–Trinajstić information content (AvgIpc) is 1.99. The highest BCUT2D eigenvalue weighted by Crippen LogP contribution is 2.10. The summed E-state index contributed by atoms with van der Waals surface area (Å²) >= 11 is 0. The lowest BCUT2D eigenvalue weighted by Crippen LogP contribution is -2.10. The molecule has 4 nitrogen and oxygen atoms in total. The Hall–Kier alpha value is -1.76. The first-order valence-electron chi connectivity index (χ1n) is 2.98. The van der Waals surface area contributed by atoms with Gasteiger partial charge in [-0.2, -0.15) is 5.26 Å². The molecule has 0 fully saturated rings. The molecule has 2 N–H and O–H groups in total. The van der Waals surface area contributed by atoms with E-state index in [0.29, 0.717) is 0 Å². The lowest BCUT2D eigenvalue weighted by Gasteiger charge is -1.95. The number of nitriles is 1. The summed E-state index contributed by atoms with van der Waals surface area (Å²) in [6.07, 6.45) is 0. The normalized spacial score (nSPS) is 9.09. The highest BCUT2D eigenvalue weighted by atomic mass is 16.3. The number of hydrogen-bond acceptors (Lipinski definition) is 3. The minimum absolute atomic E-state index is 0.0677. The van der Waals surface area contributed by atoms with Crippen LogP contribution in [0.1, 0.15) is 11.3 Å². The number of rotatable bonds is 0. The van der Waals surface area contributed by atoms with E-state index in [4.69, 9.17) is 10.4 Å². The van der Waals surface area contributed by atoms with Crippen molar-refractivity contribution in [1.29, 1.82) is 5.26 Å². The van der Waals surface area contributed by atoms with E-state index >= 15 is 0 Å². The number of aromatic amines is 1. The predicted octanol–water partition coefficient (Wildman–Crippen LogP) is 0.261. The highest BCUT2D eigenvalue weighted by Gasteiger charge is 2.01. The molecule has 0 aliphatic rings. The van der Waals surface area contributed by atoms with Crippen molar-refractivity contribution in [2.24, 2.45) is 0 Å². The Morgan fingerprint density at radius 1 is 1.73 bits per heavy atom. The molecule has 0 spiro atoms. The topological polar surface area (TPSA) is 76.9 Å². The highest BCUT2D eigenvalue weighted by molar-refractivity contribution is 5.34. The van der Waals surface area contributed by atoms with Crippen molar-refractivity contribution < 1.29 is 5.11 Å². The molecular weight excluding hydrogens is 144 g/mol. The fourth-order valence-corrected chi connectivity index (χ4v) is 0.674. The molecular formula is C7H6N2O2. The lowest BCUT2D eigenvalue weighted by molar-refractivity contribution is 0.469. The van der Waals surface area contributed by atoms with Gasteiger partial charge >= 0.3 is 0 Å². The van der Waals surface area contributed by atoms with Crippen LogP contribution < -0.4 is 5.56 Å². The third-order valence-corrected chi connectivity index (χ3v) is 1.37. The molecule has 0 atom stereocenters. The minimum Gasteiger partial charge on any atom is -0.507 e. The van der Waals surface area contributed by atoms with Crippen molar-refractivity contribution in [3.05, 3.63) is 27.7 Å². The Morgan fingerprint density at radius 3 is 2.82 bits per heavy atom. The fraction of sp³-hybridized carbons (Fsp3) is 0.143. The van der Waals surface area contributed by atoms with Crippen LogP contribution in [0.15, 0.2) is 10.9 Å². The van der Waals surface area contributed by atoms with Gasteiger partial charge in [-0.05, 0) is 6.92 Å². The molecule has 0 amide bonds. The molecule has 0 saturated heterocycles. The maximum Gasteiger partial charge on any atom is 0.255 e. The van der Waals surface area contributed by atoms with Gasteiger partial charge in [-0.1, -0.05) is 0 Å². The van der Waals surface area contributed by atoms with Gasteiger partial charge in [0, 0.05) is 6.07 Å². The van der Waals surface area contributed by atoms with Crippen LogP contribution in [-0.4, -0.2) is 10.1 Å². The second-order valence-electron chi connectivity index (χ2n) is 2.13. The van der Waals surface area contributed by atoms with Gasteiger partial charge in [-0.25, -0.2) is 0 Å². The minimum atomic E-state index is -0.429. The molecule has 56 valence electrons. The van der Waals surface area contributed by atoms with E-state index in [1.807, 2.05) is 0 Å². The fourth-order valence-electron chi connectivity index (χ4n) is 0.674. The molecule has 0 saturated carbocycles. The zero-order chi connectivity index (χ0) is 8.43. The number of nitrogens with one attached hydrogen (secondary N) is 1. The van der Waals surface area contributed by atoms with Gasteiger partial charge in [-0.3, -0.25) is 4.79 Å². The second-order valence-corrected chi connectivity index (χ2v) is 2.13. The summed E-state index contributed by atoms with van der Waals surface area (Å²) in [4.78, 5) is 13.1. The number of aromatic nitrogens is 1. The molecule has 0 aliphatic heterocycles. The predicted molar refractivity (Wildman–Crippen MR) is 38.2 cm³/mol. The number of H-pyrrole nitrogens is 1. The smallest absolute Gasteiger partial charge is 0.255 e. The van der Waals surface area contributed by atoms with Crippen LogP contribution in [0.3, 0.4) is 0 Å². The molecule has 0 bridgehead atoms. The Labute approximate surface area is 62.7 Å². The molecule has 0 unspecified atom stereocenters. The molecule has 1 rings (SSSR count). The molecule has 0 aromatic carbocycles. The van der Waals surface area contributed by atoms with E-state index in [-0.39, 0.29) is 17.0 Å². The van der Waals surface area contributed by atoms with Crippen LogP contribution in [0.5, 0.6) is 5.75 Å². The summed E-state index contributed by atoms with van der Waals surface area (Å²) in [5.74, 6) is -0.148. The van der Waals surface area contributed by atoms with Gasteiger partial charge in [0.25, 0.3) is 5.56 Å². The van der Waals surface area contributed by atoms with E-state index in [9.17, 15) is 4.79 Å². The van der Waals surface area contributed by atoms with Gasteiger partial charge in [0.05, 0.1) is 5.56 Å². The number of hydrogen-bond donors (Lipinski definition) is 2. The van der Waals surface area contributed by atoms with Crippen LogP contribution >= 0.6 is 0 Å². The SMILES string of the molecule is Cc1c(O)cc(C#N)[nH]c1=O. The number of aromatic hydroxyl groups is 1. The molecule has 0 radical (unpaired) electrons. The largest absolute Gasteiger partial charge is 0.507 e. The van der Waals surface area contributed by atoms with E-state index < -0.39 is 5.56 Å². The lowest BCUT2D eigenvalue weighted by atomic mass is 10.2. The van der Waals surface area contributed by atoms with Gasteiger partial charge in [0.15, 0.2) is 0 Å². The summed E-state index contributed by atoms with van der Waals surface area (Å²) in [5.41, 5.74) is -0.136. The quantitative estimate of drug-likeness (QED) is 0.556. The molecule has 0 aliphatic carbocycles. The maximum absolute atomic E-state index is 10.9. The van der Waals surface area contributed by atoms with Crippen LogP contribution in [-0.2, 0) is 0 Å². The maximum atomic E-state index is 10.9. The van der Waals surface area contributed by atoms with E-state index in [0.717, 1.165) is 0 Å². The van der Waals surface area contributed by atoms with Gasteiger partial charge in [-0.15, -0.1) is 0 Å². The van der Waals surface area contributed by atoms with Crippen LogP contribution in [0.2, 0.25) is 0 Å². The Kier molecular flexibility index (Phi) is 1.65. The van der Waals surface area contributed by atoms with Crippen LogP contribution in [0.4, 0.5) is 0 Å². The third kappa shape index (κ3) is 1.22. The third-order valence-electron chi connectivity index (χ3n) is 1.37. The summed E-state index contributed by atoms with van der Waals surface area (Å²) in [7, 11) is 0. The van der Waals surface area contributed by atoms with Crippen LogP contribution in [0.25, 0.3) is 0 Å². The van der Waals surface area contributed by atoms with Crippen molar-refractivity contribution in [2.75, 3.05) is 0 Å². The summed E-state index contributed by atoms with van der Waals surface area (Å²) in [6.45, 7) is 1.48. The molecule has 11 heavy (non-hydrogen) atoms. The van der Waals surface area contributed by atoms with E-state index in [1.165, 1.54) is 13.0 Å². The molecule has 1 aromatic rings. The Morgan fingerprint density at radius 2 is 2.36 bits per heavy atom. The van der Waals surface area contributed by atoms with Gasteiger partial charge in [0.2, 0.25) is 0 Å². The van der Waals surface area contributed by atoms with E-state index in [1.54, 1.807) is 6.07 Å². The Balaban J connectivity index is 3.48. The first kappa shape index (κ1) is 7.35. The summed E-state index contributed by atoms with van der Waals surface area (Å²) in [6, 6.07) is 2.94. The second kappa shape index (κ2) is 2.46. The van der Waals surface area contributed by atoms with Crippen molar-refractivity contribution in [3.63, 3.8) is 0 Å². The molecule has 4 heteroatoms. The van der Waals surface area contributed by atoms with Gasteiger partial charge in [0.1, 0.15) is 17.5 Å². The van der Waals surface area contributed by atoms with Crippen molar-refractivity contribution in [1.82, 2.24) is 4.98 Å². The molecule has 1 aromatic heterocycles. The first-order chi connectivity index (χ1) is 5.15. The molecule has 1 heterocycles. The van der Waals surface area contributed by atoms with Crippen molar-refractivity contribution in [3.8, 4) is 11.8 Å². The first-order valence-corrected chi connectivity index (χ1v) is 2.98. The summed E-state index contributed by atoms with van der Waals surface area (Å²) < 4.78 is 0. The average molecular weight is 150 g/mol. The van der Waals surface area contributed by atoms with Crippen molar-refractivity contribution >= 4 is 0 Å². The summed E-state index contributed by atoms with van der Waals surface area (Å²) in [5, 5.41) is 17.4. The van der Waals surface area contributed by atoms with Crippen molar-refractivity contribution in [2.45, 2.75) is 6.92 Å². The van der Waals surface area contributed by atoms with E-state index in [2.05, 4.69) is 4.98 Å². The number of nitrogens with zero attached hydrogens (tertiary/aromatic N) is 1. The number of pyridine rings is 1. The van der Waals surface area contributed by atoms with Gasteiger partial charge < -0.3 is 10.1 Å². The zero-order valence-electron chi connectivity index (χ0n) is 5.88.